The van der Waals surface area contributed by atoms with E-state index < -0.39 is 0 Å². The van der Waals surface area contributed by atoms with Crippen molar-refractivity contribution >= 4 is 11.7 Å². The molecular weight excluding hydrogens is 259 g/mol. The number of carbonyl (C=O) groups excluding carboxylic acids is 1. The summed E-state index contributed by atoms with van der Waals surface area (Å²) in [4.78, 5) is 19.9. The van der Waals surface area contributed by atoms with Gasteiger partial charge in [-0.15, -0.1) is 0 Å². The lowest BCUT2D eigenvalue weighted by atomic mass is 10.2. The minimum absolute atomic E-state index is 0.244. The number of rotatable bonds is 5. The van der Waals surface area contributed by atoms with Crippen LogP contribution >= 0.6 is 0 Å². The molecule has 2 rings (SSSR count). The largest absolute Gasteiger partial charge is 0.369 e. The highest BCUT2D eigenvalue weighted by molar-refractivity contribution is 5.91. The zero-order chi connectivity index (χ0) is 14.4. The molecule has 0 aliphatic carbocycles. The van der Waals surface area contributed by atoms with E-state index in [0.717, 1.165) is 12.1 Å². The van der Waals surface area contributed by atoms with Crippen molar-refractivity contribution < 1.29 is 9.18 Å². The summed E-state index contributed by atoms with van der Waals surface area (Å²) in [6.07, 6.45) is 2.92. The maximum atomic E-state index is 12.7. The van der Waals surface area contributed by atoms with Gasteiger partial charge in [0.1, 0.15) is 17.3 Å². The van der Waals surface area contributed by atoms with Gasteiger partial charge in [-0.2, -0.15) is 0 Å². The summed E-state index contributed by atoms with van der Waals surface area (Å²) in [5.74, 6) is 0.0115. The van der Waals surface area contributed by atoms with Crippen molar-refractivity contribution in [3.8, 4) is 0 Å². The maximum absolute atomic E-state index is 12.7. The second-order valence-corrected chi connectivity index (χ2v) is 4.13. The number of hydrogen-bond donors (Lipinski definition) is 2. The molecule has 20 heavy (non-hydrogen) atoms. The smallest absolute Gasteiger partial charge is 0.271 e. The van der Waals surface area contributed by atoms with E-state index in [2.05, 4.69) is 20.6 Å². The summed E-state index contributed by atoms with van der Waals surface area (Å²) in [5, 5.41) is 5.70. The van der Waals surface area contributed by atoms with Crippen molar-refractivity contribution in [1.82, 2.24) is 15.3 Å². The first-order valence-corrected chi connectivity index (χ1v) is 6.27. The quantitative estimate of drug-likeness (QED) is 0.875. The topological polar surface area (TPSA) is 66.9 Å². The summed E-state index contributed by atoms with van der Waals surface area (Å²) in [6.45, 7) is 3.01. The van der Waals surface area contributed by atoms with Crippen LogP contribution in [0.4, 0.5) is 10.2 Å². The molecule has 2 aromatic rings. The second-order valence-electron chi connectivity index (χ2n) is 4.13. The number of aromatic nitrogens is 2. The fourth-order valence-corrected chi connectivity index (χ4v) is 1.59. The Morgan fingerprint density at radius 1 is 1.20 bits per heavy atom. The lowest BCUT2D eigenvalue weighted by molar-refractivity contribution is 0.0945. The molecule has 1 amide bonds. The number of hydrogen-bond acceptors (Lipinski definition) is 4. The molecule has 0 saturated carbocycles. The molecule has 0 saturated heterocycles. The molecule has 0 radical (unpaired) electrons. The summed E-state index contributed by atoms with van der Waals surface area (Å²) in [5.41, 5.74) is 1.06. The molecule has 1 aromatic carbocycles. The van der Waals surface area contributed by atoms with Crippen LogP contribution in [0.3, 0.4) is 0 Å². The average molecular weight is 274 g/mol. The number of nitrogens with zero attached hydrogens (tertiary/aromatic N) is 2. The Hall–Kier alpha value is -2.50. The minimum Gasteiger partial charge on any atom is -0.369 e. The van der Waals surface area contributed by atoms with E-state index in [4.69, 9.17) is 0 Å². The molecule has 6 heteroatoms. The number of carbonyl (C=O) groups is 1. The van der Waals surface area contributed by atoms with Crippen molar-refractivity contribution in [2.24, 2.45) is 0 Å². The zero-order valence-electron chi connectivity index (χ0n) is 11.1. The summed E-state index contributed by atoms with van der Waals surface area (Å²) < 4.78 is 12.7. The Morgan fingerprint density at radius 3 is 2.55 bits per heavy atom. The number of amides is 1. The van der Waals surface area contributed by atoms with Crippen molar-refractivity contribution in [3.05, 3.63) is 53.7 Å². The molecule has 0 spiro atoms. The predicted molar refractivity (Wildman–Crippen MR) is 73.8 cm³/mol. The van der Waals surface area contributed by atoms with Gasteiger partial charge in [-0.25, -0.2) is 14.4 Å². The molecule has 0 aliphatic heterocycles. The Kier molecular flexibility index (Phi) is 4.60. The third-order valence-electron chi connectivity index (χ3n) is 2.61. The Morgan fingerprint density at radius 2 is 1.95 bits per heavy atom. The number of anilines is 1. The second kappa shape index (κ2) is 6.60. The molecule has 1 heterocycles. The fourth-order valence-electron chi connectivity index (χ4n) is 1.59. The Bertz CT molecular complexity index is 569. The van der Waals surface area contributed by atoms with Crippen LogP contribution in [0.5, 0.6) is 0 Å². The molecule has 1 aromatic heterocycles. The Labute approximate surface area is 116 Å². The lowest BCUT2D eigenvalue weighted by Crippen LogP contribution is -2.24. The zero-order valence-corrected chi connectivity index (χ0v) is 11.1. The molecule has 0 bridgehead atoms. The third kappa shape index (κ3) is 3.74. The van der Waals surface area contributed by atoms with Crippen LogP contribution in [-0.2, 0) is 6.54 Å². The van der Waals surface area contributed by atoms with Crippen LogP contribution in [0.15, 0.2) is 36.7 Å². The van der Waals surface area contributed by atoms with E-state index in [-0.39, 0.29) is 17.4 Å². The third-order valence-corrected chi connectivity index (χ3v) is 2.61. The van der Waals surface area contributed by atoms with Crippen LogP contribution in [0.1, 0.15) is 23.0 Å². The van der Waals surface area contributed by atoms with Crippen LogP contribution in [-0.4, -0.2) is 22.4 Å². The van der Waals surface area contributed by atoms with Gasteiger partial charge in [-0.3, -0.25) is 4.79 Å². The van der Waals surface area contributed by atoms with Crippen molar-refractivity contribution in [2.45, 2.75) is 13.5 Å². The monoisotopic (exact) mass is 274 g/mol. The van der Waals surface area contributed by atoms with Gasteiger partial charge in [0.15, 0.2) is 0 Å². The number of benzene rings is 1. The van der Waals surface area contributed by atoms with Gasteiger partial charge in [-0.05, 0) is 24.6 Å². The van der Waals surface area contributed by atoms with E-state index in [1.165, 1.54) is 24.5 Å². The standard InChI is InChI=1S/C14H15FN4O/c1-2-16-13-9-17-12(8-18-13)14(20)19-7-10-3-5-11(15)6-4-10/h3-6,8-9H,2,7H2,1H3,(H,16,18)(H,19,20). The first kappa shape index (κ1) is 13.9. The minimum atomic E-state index is -0.315. The normalized spacial score (nSPS) is 10.1. The molecule has 104 valence electrons. The van der Waals surface area contributed by atoms with Gasteiger partial charge in [-0.1, -0.05) is 12.1 Å². The van der Waals surface area contributed by atoms with Gasteiger partial charge in [0.05, 0.1) is 12.4 Å². The van der Waals surface area contributed by atoms with E-state index in [1.54, 1.807) is 12.1 Å². The first-order valence-electron chi connectivity index (χ1n) is 6.27. The highest BCUT2D eigenvalue weighted by Crippen LogP contribution is 2.04. The van der Waals surface area contributed by atoms with Gasteiger partial charge >= 0.3 is 0 Å². The van der Waals surface area contributed by atoms with Crippen molar-refractivity contribution in [1.29, 1.82) is 0 Å². The van der Waals surface area contributed by atoms with E-state index in [0.29, 0.717) is 12.4 Å². The summed E-state index contributed by atoms with van der Waals surface area (Å²) in [6, 6.07) is 5.95. The van der Waals surface area contributed by atoms with E-state index in [9.17, 15) is 9.18 Å². The van der Waals surface area contributed by atoms with Gasteiger partial charge in [0.2, 0.25) is 0 Å². The highest BCUT2D eigenvalue weighted by atomic mass is 19.1. The highest BCUT2D eigenvalue weighted by Gasteiger charge is 2.07. The maximum Gasteiger partial charge on any atom is 0.271 e. The number of nitrogens with one attached hydrogen (secondary N) is 2. The summed E-state index contributed by atoms with van der Waals surface area (Å²) in [7, 11) is 0. The molecule has 5 nitrogen and oxygen atoms in total. The van der Waals surface area contributed by atoms with Crippen molar-refractivity contribution in [2.75, 3.05) is 11.9 Å². The Balaban J connectivity index is 1.92. The van der Waals surface area contributed by atoms with Gasteiger partial charge < -0.3 is 10.6 Å². The molecule has 0 atom stereocenters. The molecule has 2 N–H and O–H groups in total. The van der Waals surface area contributed by atoms with E-state index >= 15 is 0 Å². The summed E-state index contributed by atoms with van der Waals surface area (Å²) >= 11 is 0. The SMILES string of the molecule is CCNc1cnc(C(=O)NCc2ccc(F)cc2)cn1. The fraction of sp³-hybridized carbons (Fsp3) is 0.214. The van der Waals surface area contributed by atoms with E-state index in [1.807, 2.05) is 6.92 Å². The first-order chi connectivity index (χ1) is 9.69. The van der Waals surface area contributed by atoms with Crippen LogP contribution in [0, 0.1) is 5.82 Å². The lowest BCUT2D eigenvalue weighted by Gasteiger charge is -2.06. The van der Waals surface area contributed by atoms with Crippen molar-refractivity contribution in [3.63, 3.8) is 0 Å². The average Bonchev–Trinajstić information content (AvgIpc) is 2.47. The van der Waals surface area contributed by atoms with Gasteiger partial charge in [0.25, 0.3) is 5.91 Å². The van der Waals surface area contributed by atoms with Crippen LogP contribution in [0.2, 0.25) is 0 Å². The molecule has 0 unspecified atom stereocenters. The van der Waals surface area contributed by atoms with Gasteiger partial charge in [0, 0.05) is 13.1 Å². The molecular formula is C14H15FN4O. The predicted octanol–water partition coefficient (Wildman–Crippen LogP) is 1.98. The van der Waals surface area contributed by atoms with Crippen LogP contribution in [0.25, 0.3) is 0 Å². The molecule has 0 fully saturated rings. The van der Waals surface area contributed by atoms with Crippen LogP contribution < -0.4 is 10.6 Å². The number of halogens is 1. The molecule has 0 aliphatic rings.